The van der Waals surface area contributed by atoms with Gasteiger partial charge in [-0.15, -0.1) is 0 Å². The Kier molecular flexibility index (Phi) is 4.20. The average Bonchev–Trinajstić information content (AvgIpc) is 2.85. The van der Waals surface area contributed by atoms with E-state index in [9.17, 15) is 5.11 Å². The quantitative estimate of drug-likeness (QED) is 0.755. The fourth-order valence-corrected chi connectivity index (χ4v) is 2.81. The number of hydrogen-bond acceptors (Lipinski definition) is 2. The first-order chi connectivity index (χ1) is 11.1. The van der Waals surface area contributed by atoms with Crippen LogP contribution in [0.2, 0.25) is 0 Å². The molecule has 0 unspecified atom stereocenters. The summed E-state index contributed by atoms with van der Waals surface area (Å²) in [6, 6.07) is 18.0. The lowest BCUT2D eigenvalue weighted by Crippen LogP contribution is -1.96. The summed E-state index contributed by atoms with van der Waals surface area (Å²) in [6.07, 6.45) is 0.794. The molecule has 0 atom stereocenters. The van der Waals surface area contributed by atoms with Crippen molar-refractivity contribution in [3.8, 4) is 22.8 Å². The molecular formula is C20H22N2O. The molecule has 0 aliphatic carbocycles. The summed E-state index contributed by atoms with van der Waals surface area (Å²) >= 11 is 0. The Morgan fingerprint density at radius 3 is 2.43 bits per heavy atom. The van der Waals surface area contributed by atoms with E-state index in [4.69, 9.17) is 5.10 Å². The normalized spacial score (nSPS) is 11.1. The zero-order valence-corrected chi connectivity index (χ0v) is 13.8. The van der Waals surface area contributed by atoms with Crippen LogP contribution in [0.3, 0.4) is 0 Å². The van der Waals surface area contributed by atoms with Crippen molar-refractivity contribution in [2.45, 2.75) is 27.2 Å². The first kappa shape index (κ1) is 15.3. The molecule has 0 spiro atoms. The van der Waals surface area contributed by atoms with Gasteiger partial charge in [0, 0.05) is 11.1 Å². The van der Waals surface area contributed by atoms with E-state index in [1.165, 1.54) is 5.56 Å². The summed E-state index contributed by atoms with van der Waals surface area (Å²) in [5.41, 5.74) is 4.88. The minimum atomic E-state index is 0.237. The number of aromatic hydroxyl groups is 1. The maximum absolute atomic E-state index is 10.7. The summed E-state index contributed by atoms with van der Waals surface area (Å²) in [5.74, 6) is 0.680. The molecule has 3 aromatic rings. The maximum Gasteiger partial charge on any atom is 0.218 e. The van der Waals surface area contributed by atoms with Gasteiger partial charge < -0.3 is 5.11 Å². The van der Waals surface area contributed by atoms with Crippen LogP contribution in [-0.4, -0.2) is 14.9 Å². The van der Waals surface area contributed by atoms with Crippen LogP contribution < -0.4 is 0 Å². The molecule has 1 N–H and O–H groups in total. The van der Waals surface area contributed by atoms with E-state index in [0.29, 0.717) is 5.92 Å². The minimum absolute atomic E-state index is 0.237. The van der Waals surface area contributed by atoms with E-state index < -0.39 is 0 Å². The van der Waals surface area contributed by atoms with E-state index in [2.05, 4.69) is 32.9 Å². The third kappa shape index (κ3) is 3.14. The van der Waals surface area contributed by atoms with E-state index in [-0.39, 0.29) is 5.88 Å². The summed E-state index contributed by atoms with van der Waals surface area (Å²) in [7, 11) is 0. The van der Waals surface area contributed by atoms with Gasteiger partial charge in [0.1, 0.15) is 0 Å². The lowest BCUT2D eigenvalue weighted by Gasteiger charge is -2.07. The van der Waals surface area contributed by atoms with Crippen molar-refractivity contribution in [2.75, 3.05) is 0 Å². The molecule has 0 aliphatic rings. The number of nitrogens with zero attached hydrogens (tertiary/aromatic N) is 2. The van der Waals surface area contributed by atoms with Crippen molar-refractivity contribution in [3.63, 3.8) is 0 Å². The number of benzene rings is 2. The van der Waals surface area contributed by atoms with Crippen molar-refractivity contribution in [2.24, 2.45) is 5.92 Å². The van der Waals surface area contributed by atoms with Gasteiger partial charge in [0.05, 0.1) is 11.4 Å². The van der Waals surface area contributed by atoms with Crippen molar-refractivity contribution < 1.29 is 5.11 Å². The molecule has 0 aliphatic heterocycles. The molecule has 3 heteroatoms. The monoisotopic (exact) mass is 306 g/mol. The van der Waals surface area contributed by atoms with Crippen molar-refractivity contribution in [1.82, 2.24) is 9.78 Å². The molecule has 2 aromatic carbocycles. The predicted octanol–water partition coefficient (Wildman–Crippen LogP) is 4.75. The van der Waals surface area contributed by atoms with Gasteiger partial charge in [-0.1, -0.05) is 55.8 Å². The highest BCUT2D eigenvalue weighted by molar-refractivity contribution is 5.67. The van der Waals surface area contributed by atoms with Crippen molar-refractivity contribution in [1.29, 1.82) is 0 Å². The van der Waals surface area contributed by atoms with Gasteiger partial charge >= 0.3 is 0 Å². The first-order valence-electron chi connectivity index (χ1n) is 7.99. The SMILES string of the molecule is Cc1cccc(-c2nn(-c3ccccc3)c(O)c2CC(C)C)c1. The summed E-state index contributed by atoms with van der Waals surface area (Å²) in [4.78, 5) is 0. The first-order valence-corrected chi connectivity index (χ1v) is 7.99. The predicted molar refractivity (Wildman–Crippen MR) is 93.9 cm³/mol. The lowest BCUT2D eigenvalue weighted by atomic mass is 9.99. The number of aryl methyl sites for hydroxylation is 1. The molecule has 0 bridgehead atoms. The topological polar surface area (TPSA) is 38.0 Å². The van der Waals surface area contributed by atoms with Crippen LogP contribution in [0.15, 0.2) is 54.6 Å². The van der Waals surface area contributed by atoms with Gasteiger partial charge in [-0.2, -0.15) is 5.10 Å². The van der Waals surface area contributed by atoms with Crippen molar-refractivity contribution >= 4 is 0 Å². The van der Waals surface area contributed by atoms with E-state index in [1.54, 1.807) is 4.68 Å². The van der Waals surface area contributed by atoms with Crippen LogP contribution in [0.1, 0.15) is 25.0 Å². The third-order valence-electron chi connectivity index (χ3n) is 3.86. The second-order valence-electron chi connectivity index (χ2n) is 6.37. The third-order valence-corrected chi connectivity index (χ3v) is 3.86. The van der Waals surface area contributed by atoms with Crippen LogP contribution in [0, 0.1) is 12.8 Å². The summed E-state index contributed by atoms with van der Waals surface area (Å²) < 4.78 is 1.63. The van der Waals surface area contributed by atoms with Crippen LogP contribution in [0.25, 0.3) is 16.9 Å². The molecule has 1 heterocycles. The molecule has 3 nitrogen and oxygen atoms in total. The van der Waals surface area contributed by atoms with Crippen molar-refractivity contribution in [3.05, 3.63) is 65.7 Å². The highest BCUT2D eigenvalue weighted by Gasteiger charge is 2.20. The van der Waals surface area contributed by atoms with Gasteiger partial charge in [0.25, 0.3) is 0 Å². The van der Waals surface area contributed by atoms with Crippen LogP contribution >= 0.6 is 0 Å². The molecule has 0 radical (unpaired) electrons. The molecule has 0 amide bonds. The Hall–Kier alpha value is -2.55. The smallest absolute Gasteiger partial charge is 0.218 e. The van der Waals surface area contributed by atoms with E-state index in [1.807, 2.05) is 42.5 Å². The summed E-state index contributed by atoms with van der Waals surface area (Å²) in [5, 5.41) is 15.5. The number of rotatable bonds is 4. The minimum Gasteiger partial charge on any atom is -0.493 e. The lowest BCUT2D eigenvalue weighted by molar-refractivity contribution is 0.424. The average molecular weight is 306 g/mol. The number of para-hydroxylation sites is 1. The Morgan fingerprint density at radius 2 is 1.78 bits per heavy atom. The van der Waals surface area contributed by atoms with Crippen LogP contribution in [-0.2, 0) is 6.42 Å². The molecule has 1 aromatic heterocycles. The Morgan fingerprint density at radius 1 is 1.04 bits per heavy atom. The van der Waals surface area contributed by atoms with Gasteiger partial charge in [-0.25, -0.2) is 4.68 Å². The van der Waals surface area contributed by atoms with Crippen LogP contribution in [0.4, 0.5) is 0 Å². The van der Waals surface area contributed by atoms with E-state index in [0.717, 1.165) is 28.9 Å². The highest BCUT2D eigenvalue weighted by Crippen LogP contribution is 2.33. The molecular weight excluding hydrogens is 284 g/mol. The molecule has 118 valence electrons. The second kappa shape index (κ2) is 6.29. The Balaban J connectivity index is 2.18. The second-order valence-corrected chi connectivity index (χ2v) is 6.37. The van der Waals surface area contributed by atoms with Crippen LogP contribution in [0.5, 0.6) is 5.88 Å². The molecule has 0 saturated carbocycles. The van der Waals surface area contributed by atoms with Gasteiger partial charge in [-0.05, 0) is 37.5 Å². The molecule has 3 rings (SSSR count). The number of hydrogen-bond donors (Lipinski definition) is 1. The Labute approximate surface area is 137 Å². The Bertz CT molecular complexity index is 804. The zero-order valence-electron chi connectivity index (χ0n) is 13.8. The molecule has 0 saturated heterocycles. The fraction of sp³-hybridized carbons (Fsp3) is 0.250. The van der Waals surface area contributed by atoms with Gasteiger partial charge in [0.2, 0.25) is 5.88 Å². The van der Waals surface area contributed by atoms with Gasteiger partial charge in [0.15, 0.2) is 0 Å². The largest absolute Gasteiger partial charge is 0.493 e. The fourth-order valence-electron chi connectivity index (χ4n) is 2.81. The maximum atomic E-state index is 10.7. The van der Waals surface area contributed by atoms with Gasteiger partial charge in [-0.3, -0.25) is 0 Å². The van der Waals surface area contributed by atoms with E-state index >= 15 is 0 Å². The standard InChI is InChI=1S/C20H22N2O/c1-14(2)12-18-19(16-9-7-8-15(3)13-16)21-22(20(18)23)17-10-5-4-6-11-17/h4-11,13-14,23H,12H2,1-3H3. The zero-order chi connectivity index (χ0) is 16.4. The number of aromatic nitrogens is 2. The molecule has 0 fully saturated rings. The molecule has 23 heavy (non-hydrogen) atoms. The highest BCUT2D eigenvalue weighted by atomic mass is 16.3. The summed E-state index contributed by atoms with van der Waals surface area (Å²) in [6.45, 7) is 6.37.